The number of hydrogen-bond acceptors (Lipinski definition) is 3. The van der Waals surface area contributed by atoms with E-state index in [1.807, 2.05) is 0 Å². The van der Waals surface area contributed by atoms with Crippen LogP contribution < -0.4 is 0 Å². The number of morpholine rings is 1. The normalized spacial score (nSPS) is 26.2. The summed E-state index contributed by atoms with van der Waals surface area (Å²) < 4.78 is 6.24. The third-order valence-electron chi connectivity index (χ3n) is 5.41. The minimum Gasteiger partial charge on any atom is -0.389 e. The lowest BCUT2D eigenvalue weighted by atomic mass is 9.91. The lowest BCUT2D eigenvalue weighted by Crippen LogP contribution is -2.53. The molecule has 0 bridgehead atoms. The maximum Gasteiger partial charge on any atom is 0.106 e. The van der Waals surface area contributed by atoms with Crippen LogP contribution in [0.4, 0.5) is 0 Å². The van der Waals surface area contributed by atoms with E-state index in [4.69, 9.17) is 4.74 Å². The number of rotatable bonds is 4. The van der Waals surface area contributed by atoms with Crippen LogP contribution in [-0.2, 0) is 16.8 Å². The van der Waals surface area contributed by atoms with Crippen molar-refractivity contribution in [1.29, 1.82) is 0 Å². The molecule has 3 heteroatoms. The van der Waals surface area contributed by atoms with Crippen molar-refractivity contribution in [2.75, 3.05) is 26.2 Å². The standard InChI is InChI=1S/C18H27NO2/c1-3-17(20,4-2)13-19-11-12-21-18(14-19)10-9-15-7-5-6-8-16(15)18/h5-8,20H,3-4,9-14H2,1-2H3. The molecule has 1 heterocycles. The maximum absolute atomic E-state index is 10.6. The van der Waals surface area contributed by atoms with Crippen LogP contribution >= 0.6 is 0 Å². The van der Waals surface area contributed by atoms with Gasteiger partial charge in [0.15, 0.2) is 0 Å². The van der Waals surface area contributed by atoms with Crippen molar-refractivity contribution in [2.24, 2.45) is 0 Å². The van der Waals surface area contributed by atoms with Crippen molar-refractivity contribution in [2.45, 2.75) is 50.7 Å². The molecule has 1 N–H and O–H groups in total. The van der Waals surface area contributed by atoms with Crippen molar-refractivity contribution in [1.82, 2.24) is 4.90 Å². The zero-order valence-electron chi connectivity index (χ0n) is 13.3. The Labute approximate surface area is 127 Å². The number of ether oxygens (including phenoxy) is 1. The van der Waals surface area contributed by atoms with E-state index in [0.29, 0.717) is 0 Å². The fraction of sp³-hybridized carbons (Fsp3) is 0.667. The van der Waals surface area contributed by atoms with Crippen LogP contribution in [0.1, 0.15) is 44.2 Å². The fourth-order valence-electron chi connectivity index (χ4n) is 3.85. The van der Waals surface area contributed by atoms with Gasteiger partial charge in [0.2, 0.25) is 0 Å². The molecule has 1 aliphatic carbocycles. The topological polar surface area (TPSA) is 32.7 Å². The number of hydrogen-bond donors (Lipinski definition) is 1. The minimum atomic E-state index is -0.559. The maximum atomic E-state index is 10.6. The van der Waals surface area contributed by atoms with Gasteiger partial charge >= 0.3 is 0 Å². The van der Waals surface area contributed by atoms with Crippen molar-refractivity contribution in [3.05, 3.63) is 35.4 Å². The van der Waals surface area contributed by atoms with Gasteiger partial charge in [0.05, 0.1) is 12.2 Å². The van der Waals surface area contributed by atoms with Crippen molar-refractivity contribution < 1.29 is 9.84 Å². The number of aliphatic hydroxyl groups is 1. The predicted octanol–water partition coefficient (Wildman–Crippen LogP) is 2.71. The zero-order valence-corrected chi connectivity index (χ0v) is 13.3. The smallest absolute Gasteiger partial charge is 0.106 e. The van der Waals surface area contributed by atoms with E-state index in [-0.39, 0.29) is 5.60 Å². The monoisotopic (exact) mass is 289 g/mol. The second-order valence-electron chi connectivity index (χ2n) is 6.64. The number of aryl methyl sites for hydroxylation is 1. The quantitative estimate of drug-likeness (QED) is 0.925. The number of β-amino-alcohol motifs (C(OH)–C–C–N with tert-alkyl or cyclic N) is 1. The Morgan fingerprint density at radius 2 is 2.05 bits per heavy atom. The van der Waals surface area contributed by atoms with E-state index >= 15 is 0 Å². The third kappa shape index (κ3) is 2.75. The van der Waals surface area contributed by atoms with E-state index in [0.717, 1.165) is 51.9 Å². The summed E-state index contributed by atoms with van der Waals surface area (Å²) in [7, 11) is 0. The number of fused-ring (bicyclic) bond motifs is 2. The SMILES string of the molecule is CCC(O)(CC)CN1CCOC2(CCc3ccccc32)C1. The molecule has 1 atom stereocenters. The number of nitrogens with zero attached hydrogens (tertiary/aromatic N) is 1. The van der Waals surface area contributed by atoms with Crippen LogP contribution in [0.25, 0.3) is 0 Å². The van der Waals surface area contributed by atoms with E-state index in [2.05, 4.69) is 43.0 Å². The average molecular weight is 289 g/mol. The fourth-order valence-corrected chi connectivity index (χ4v) is 3.85. The molecule has 1 fully saturated rings. The second-order valence-corrected chi connectivity index (χ2v) is 6.64. The van der Waals surface area contributed by atoms with Crippen LogP contribution in [0.5, 0.6) is 0 Å². The predicted molar refractivity (Wildman–Crippen MR) is 84.4 cm³/mol. The van der Waals surface area contributed by atoms with E-state index in [1.165, 1.54) is 11.1 Å². The Hall–Kier alpha value is -0.900. The van der Waals surface area contributed by atoms with E-state index in [9.17, 15) is 5.11 Å². The zero-order chi connectivity index (χ0) is 14.9. The first kappa shape index (κ1) is 15.0. The summed E-state index contributed by atoms with van der Waals surface area (Å²) in [6.45, 7) is 7.50. The van der Waals surface area contributed by atoms with Gasteiger partial charge in [-0.25, -0.2) is 0 Å². The molecule has 0 amide bonds. The molecule has 0 aromatic heterocycles. The van der Waals surface area contributed by atoms with E-state index < -0.39 is 5.60 Å². The lowest BCUT2D eigenvalue weighted by Gasteiger charge is -2.43. The van der Waals surface area contributed by atoms with Crippen molar-refractivity contribution >= 4 is 0 Å². The van der Waals surface area contributed by atoms with Gasteiger partial charge in [-0.1, -0.05) is 38.1 Å². The molecular formula is C18H27NO2. The molecule has 0 radical (unpaired) electrons. The molecular weight excluding hydrogens is 262 g/mol. The molecule has 1 saturated heterocycles. The van der Waals surface area contributed by atoms with Crippen LogP contribution in [0, 0.1) is 0 Å². The highest BCUT2D eigenvalue weighted by Crippen LogP contribution is 2.42. The molecule has 2 aliphatic rings. The van der Waals surface area contributed by atoms with Gasteiger partial charge in [0.25, 0.3) is 0 Å². The molecule has 3 rings (SSSR count). The first-order chi connectivity index (χ1) is 10.1. The summed E-state index contributed by atoms with van der Waals surface area (Å²) in [4.78, 5) is 2.40. The molecule has 1 aromatic rings. The first-order valence-electron chi connectivity index (χ1n) is 8.28. The molecule has 21 heavy (non-hydrogen) atoms. The molecule has 3 nitrogen and oxygen atoms in total. The van der Waals surface area contributed by atoms with Crippen LogP contribution in [0.15, 0.2) is 24.3 Å². The summed E-state index contributed by atoms with van der Waals surface area (Å²) in [5.74, 6) is 0. The summed E-state index contributed by atoms with van der Waals surface area (Å²) >= 11 is 0. The Balaban J connectivity index is 1.78. The Kier molecular flexibility index (Phi) is 4.08. The summed E-state index contributed by atoms with van der Waals surface area (Å²) in [5, 5.41) is 10.6. The van der Waals surface area contributed by atoms with Crippen LogP contribution in [0.2, 0.25) is 0 Å². The van der Waals surface area contributed by atoms with Gasteiger partial charge in [-0.15, -0.1) is 0 Å². The second kappa shape index (κ2) is 5.71. The molecule has 0 saturated carbocycles. The molecule has 1 spiro atoms. The van der Waals surface area contributed by atoms with Gasteiger partial charge in [0.1, 0.15) is 5.60 Å². The molecule has 1 unspecified atom stereocenters. The highest BCUT2D eigenvalue weighted by atomic mass is 16.5. The van der Waals surface area contributed by atoms with Gasteiger partial charge < -0.3 is 9.84 Å². The molecule has 116 valence electrons. The average Bonchev–Trinajstić information content (AvgIpc) is 2.86. The van der Waals surface area contributed by atoms with Crippen molar-refractivity contribution in [3.63, 3.8) is 0 Å². The Morgan fingerprint density at radius 3 is 2.81 bits per heavy atom. The highest BCUT2D eigenvalue weighted by Gasteiger charge is 2.44. The Bertz CT molecular complexity index is 494. The Morgan fingerprint density at radius 1 is 1.29 bits per heavy atom. The van der Waals surface area contributed by atoms with E-state index in [1.54, 1.807) is 0 Å². The van der Waals surface area contributed by atoms with Gasteiger partial charge in [0, 0.05) is 19.6 Å². The summed E-state index contributed by atoms with van der Waals surface area (Å²) in [5.41, 5.74) is 2.10. The van der Waals surface area contributed by atoms with Gasteiger partial charge in [-0.2, -0.15) is 0 Å². The lowest BCUT2D eigenvalue weighted by molar-refractivity contribution is -0.129. The third-order valence-corrected chi connectivity index (χ3v) is 5.41. The van der Waals surface area contributed by atoms with Crippen LogP contribution in [0.3, 0.4) is 0 Å². The molecule has 1 aromatic carbocycles. The highest BCUT2D eigenvalue weighted by molar-refractivity contribution is 5.38. The van der Waals surface area contributed by atoms with Gasteiger partial charge in [-0.3, -0.25) is 4.90 Å². The minimum absolute atomic E-state index is 0.142. The number of benzene rings is 1. The first-order valence-corrected chi connectivity index (χ1v) is 8.28. The summed E-state index contributed by atoms with van der Waals surface area (Å²) in [6, 6.07) is 8.67. The largest absolute Gasteiger partial charge is 0.389 e. The van der Waals surface area contributed by atoms with Crippen LogP contribution in [-0.4, -0.2) is 41.8 Å². The molecule has 1 aliphatic heterocycles. The van der Waals surface area contributed by atoms with Crippen molar-refractivity contribution in [3.8, 4) is 0 Å². The summed E-state index contributed by atoms with van der Waals surface area (Å²) in [6.07, 6.45) is 3.80. The van der Waals surface area contributed by atoms with Gasteiger partial charge in [-0.05, 0) is 36.8 Å².